The number of rotatable bonds is 7. The van der Waals surface area contributed by atoms with Gasteiger partial charge in [-0.15, -0.1) is 0 Å². The summed E-state index contributed by atoms with van der Waals surface area (Å²) in [6.07, 6.45) is 0.600. The molecule has 1 fully saturated rings. The molecule has 1 heterocycles. The van der Waals surface area contributed by atoms with Gasteiger partial charge in [0.05, 0.1) is 19.1 Å². The fourth-order valence-electron chi connectivity index (χ4n) is 2.71. The highest BCUT2D eigenvalue weighted by atomic mass is 16.5. The second kappa shape index (κ2) is 9.22. The third kappa shape index (κ3) is 5.21. The van der Waals surface area contributed by atoms with Crippen molar-refractivity contribution in [1.29, 1.82) is 0 Å². The molecule has 1 aliphatic rings. The van der Waals surface area contributed by atoms with Gasteiger partial charge in [0.1, 0.15) is 11.8 Å². The third-order valence-electron chi connectivity index (χ3n) is 3.89. The van der Waals surface area contributed by atoms with E-state index in [0.29, 0.717) is 37.4 Å². The van der Waals surface area contributed by atoms with Crippen molar-refractivity contribution in [2.45, 2.75) is 45.8 Å². The molecule has 1 aromatic carbocycles. The Bertz CT molecular complexity index is 642. The van der Waals surface area contributed by atoms with Crippen molar-refractivity contribution in [3.8, 4) is 5.75 Å². The number of nitrogens with zero attached hydrogens (tertiary/aromatic N) is 1. The zero-order chi connectivity index (χ0) is 19.1. The first-order chi connectivity index (χ1) is 12.4. The first-order valence-electron chi connectivity index (χ1n) is 8.93. The van der Waals surface area contributed by atoms with Gasteiger partial charge in [0, 0.05) is 18.7 Å². The van der Waals surface area contributed by atoms with E-state index < -0.39 is 12.0 Å². The van der Waals surface area contributed by atoms with Gasteiger partial charge in [0.2, 0.25) is 5.91 Å². The maximum absolute atomic E-state index is 12.8. The van der Waals surface area contributed by atoms with E-state index in [0.717, 1.165) is 0 Å². The lowest BCUT2D eigenvalue weighted by atomic mass is 10.1. The van der Waals surface area contributed by atoms with Gasteiger partial charge in [-0.2, -0.15) is 0 Å². The van der Waals surface area contributed by atoms with E-state index in [-0.39, 0.29) is 24.3 Å². The number of ether oxygens (including phenoxy) is 2. The average Bonchev–Trinajstić information content (AvgIpc) is 2.61. The van der Waals surface area contributed by atoms with Crippen LogP contribution in [0.25, 0.3) is 0 Å². The molecule has 26 heavy (non-hydrogen) atoms. The molecule has 1 atom stereocenters. The zero-order valence-corrected chi connectivity index (χ0v) is 15.5. The lowest BCUT2D eigenvalue weighted by molar-refractivity contribution is -0.147. The fraction of sp³-hybridized carbons (Fsp3) is 0.526. The molecule has 2 amide bonds. The van der Waals surface area contributed by atoms with E-state index in [2.05, 4.69) is 5.32 Å². The number of carbonyl (C=O) groups excluding carboxylic acids is 3. The van der Waals surface area contributed by atoms with Crippen molar-refractivity contribution in [1.82, 2.24) is 10.2 Å². The topological polar surface area (TPSA) is 84.9 Å². The minimum atomic E-state index is -0.854. The Morgan fingerprint density at radius 2 is 1.96 bits per heavy atom. The van der Waals surface area contributed by atoms with E-state index in [9.17, 15) is 14.4 Å². The van der Waals surface area contributed by atoms with E-state index in [1.165, 1.54) is 4.90 Å². The number of amides is 2. The second-order valence-electron chi connectivity index (χ2n) is 6.42. The van der Waals surface area contributed by atoms with Crippen molar-refractivity contribution in [2.75, 3.05) is 19.7 Å². The van der Waals surface area contributed by atoms with Crippen molar-refractivity contribution in [3.63, 3.8) is 0 Å². The lowest BCUT2D eigenvalue weighted by Gasteiger charge is -2.34. The number of benzene rings is 1. The highest BCUT2D eigenvalue weighted by Crippen LogP contribution is 2.18. The van der Waals surface area contributed by atoms with Crippen LogP contribution in [0.4, 0.5) is 0 Å². The van der Waals surface area contributed by atoms with Gasteiger partial charge >= 0.3 is 5.97 Å². The van der Waals surface area contributed by atoms with Crippen molar-refractivity contribution >= 4 is 17.8 Å². The van der Waals surface area contributed by atoms with E-state index in [4.69, 9.17) is 9.47 Å². The molecule has 0 radical (unpaired) electrons. The monoisotopic (exact) mass is 362 g/mol. The Kier molecular flexibility index (Phi) is 7.00. The Morgan fingerprint density at radius 3 is 2.58 bits per heavy atom. The summed E-state index contributed by atoms with van der Waals surface area (Å²) in [5, 5.41) is 2.70. The quantitative estimate of drug-likeness (QED) is 0.747. The van der Waals surface area contributed by atoms with Gasteiger partial charge in [-0.05, 0) is 44.5 Å². The molecular weight excluding hydrogens is 336 g/mol. The van der Waals surface area contributed by atoms with Crippen LogP contribution in [-0.2, 0) is 14.3 Å². The predicted molar refractivity (Wildman–Crippen MR) is 95.9 cm³/mol. The summed E-state index contributed by atoms with van der Waals surface area (Å²) in [4.78, 5) is 38.4. The molecule has 0 spiro atoms. The van der Waals surface area contributed by atoms with E-state index in [1.807, 2.05) is 20.8 Å². The number of hydrogen-bond donors (Lipinski definition) is 1. The lowest BCUT2D eigenvalue weighted by Crippen LogP contribution is -2.57. The minimum absolute atomic E-state index is 0.0425. The normalized spacial score (nSPS) is 17.0. The predicted octanol–water partition coefficient (Wildman–Crippen LogP) is 1.76. The van der Waals surface area contributed by atoms with Crippen LogP contribution in [0.15, 0.2) is 24.3 Å². The van der Waals surface area contributed by atoms with E-state index in [1.54, 1.807) is 24.3 Å². The van der Waals surface area contributed by atoms with Crippen LogP contribution in [0.1, 0.15) is 44.0 Å². The Hall–Kier alpha value is -2.57. The molecule has 1 aliphatic heterocycles. The highest BCUT2D eigenvalue weighted by molar-refractivity contribution is 5.99. The van der Waals surface area contributed by atoms with Crippen LogP contribution >= 0.6 is 0 Å². The van der Waals surface area contributed by atoms with Gasteiger partial charge in [0.15, 0.2) is 0 Å². The van der Waals surface area contributed by atoms with Crippen molar-refractivity contribution < 1.29 is 23.9 Å². The summed E-state index contributed by atoms with van der Waals surface area (Å²) in [7, 11) is 0. The molecular formula is C19H26N2O5. The van der Waals surface area contributed by atoms with Crippen molar-refractivity contribution in [2.24, 2.45) is 0 Å². The Balaban J connectivity index is 2.10. The number of nitrogens with one attached hydrogen (secondary N) is 1. The largest absolute Gasteiger partial charge is 0.491 e. The molecule has 0 saturated carbocycles. The van der Waals surface area contributed by atoms with Crippen LogP contribution in [0.5, 0.6) is 5.75 Å². The molecule has 7 nitrogen and oxygen atoms in total. The molecule has 0 aromatic heterocycles. The molecule has 7 heteroatoms. The maximum Gasteiger partial charge on any atom is 0.308 e. The SMILES string of the molecule is CCCOC(=O)CC1C(=O)NCCN1C(=O)c1ccc(OC(C)C)cc1. The van der Waals surface area contributed by atoms with Crippen LogP contribution in [-0.4, -0.2) is 54.5 Å². The van der Waals surface area contributed by atoms with Gasteiger partial charge < -0.3 is 19.7 Å². The van der Waals surface area contributed by atoms with Gasteiger partial charge in [0.25, 0.3) is 5.91 Å². The molecule has 2 rings (SSSR count). The first kappa shape index (κ1) is 19.8. The summed E-state index contributed by atoms with van der Waals surface area (Å²) in [6.45, 7) is 6.75. The number of carbonyl (C=O) groups is 3. The van der Waals surface area contributed by atoms with Gasteiger partial charge in [-0.3, -0.25) is 14.4 Å². The van der Waals surface area contributed by atoms with Crippen LogP contribution in [0.2, 0.25) is 0 Å². The summed E-state index contributed by atoms with van der Waals surface area (Å²) in [6, 6.07) is 5.92. The molecule has 1 saturated heterocycles. The van der Waals surface area contributed by atoms with E-state index >= 15 is 0 Å². The molecule has 1 N–H and O–H groups in total. The fourth-order valence-corrected chi connectivity index (χ4v) is 2.71. The molecule has 0 aliphatic carbocycles. The smallest absolute Gasteiger partial charge is 0.308 e. The van der Waals surface area contributed by atoms with Crippen molar-refractivity contribution in [3.05, 3.63) is 29.8 Å². The first-order valence-corrected chi connectivity index (χ1v) is 8.93. The second-order valence-corrected chi connectivity index (χ2v) is 6.42. The summed E-state index contributed by atoms with van der Waals surface area (Å²) in [5.74, 6) is -0.429. The molecule has 142 valence electrons. The Labute approximate surface area is 153 Å². The summed E-state index contributed by atoms with van der Waals surface area (Å²) in [5.41, 5.74) is 0.447. The van der Waals surface area contributed by atoms with Gasteiger partial charge in [-0.25, -0.2) is 0 Å². The summed E-state index contributed by atoms with van der Waals surface area (Å²) >= 11 is 0. The minimum Gasteiger partial charge on any atom is -0.491 e. The van der Waals surface area contributed by atoms with Crippen LogP contribution in [0.3, 0.4) is 0 Å². The third-order valence-corrected chi connectivity index (χ3v) is 3.89. The Morgan fingerprint density at radius 1 is 1.27 bits per heavy atom. The number of hydrogen-bond acceptors (Lipinski definition) is 5. The number of esters is 1. The standard InChI is InChI=1S/C19H26N2O5/c1-4-11-25-17(22)12-16-18(23)20-9-10-21(16)19(24)14-5-7-15(8-6-14)26-13(2)3/h5-8,13,16H,4,9-12H2,1-3H3,(H,20,23). The van der Waals surface area contributed by atoms with Gasteiger partial charge in [-0.1, -0.05) is 6.92 Å². The molecule has 1 unspecified atom stereocenters. The van der Waals surface area contributed by atoms with Crippen LogP contribution < -0.4 is 10.1 Å². The zero-order valence-electron chi connectivity index (χ0n) is 15.5. The molecule has 0 bridgehead atoms. The maximum atomic E-state index is 12.8. The summed E-state index contributed by atoms with van der Waals surface area (Å²) < 4.78 is 10.6. The number of piperazine rings is 1. The average molecular weight is 362 g/mol. The molecule has 1 aromatic rings. The van der Waals surface area contributed by atoms with Crippen LogP contribution in [0, 0.1) is 0 Å². The highest BCUT2D eigenvalue weighted by Gasteiger charge is 2.35.